The van der Waals surface area contributed by atoms with Crippen LogP contribution in [0.25, 0.3) is 0 Å². The Labute approximate surface area is 228 Å². The van der Waals surface area contributed by atoms with Gasteiger partial charge in [0.1, 0.15) is 30.0 Å². The van der Waals surface area contributed by atoms with Gasteiger partial charge in [0, 0.05) is 19.0 Å². The highest BCUT2D eigenvalue weighted by Crippen LogP contribution is 2.20. The quantitative estimate of drug-likeness (QED) is 0.138. The Kier molecular flexibility index (Phi) is 13.1. The molecule has 1 aliphatic rings. The van der Waals surface area contributed by atoms with Gasteiger partial charge in [-0.15, -0.1) is 0 Å². The summed E-state index contributed by atoms with van der Waals surface area (Å²) in [4.78, 5) is 51.7. The van der Waals surface area contributed by atoms with Crippen molar-refractivity contribution in [3.8, 4) is 5.75 Å². The first-order valence-corrected chi connectivity index (χ1v) is 13.5. The minimum Gasteiger partial charge on any atom is -0.508 e. The first-order chi connectivity index (χ1) is 18.6. The third kappa shape index (κ3) is 9.79. The third-order valence-corrected chi connectivity index (χ3v) is 6.94. The largest absolute Gasteiger partial charge is 0.508 e. The zero-order valence-corrected chi connectivity index (χ0v) is 22.4. The van der Waals surface area contributed by atoms with Crippen molar-refractivity contribution < 1.29 is 39.6 Å². The summed E-state index contributed by atoms with van der Waals surface area (Å²) in [5, 5.41) is 44.0. The summed E-state index contributed by atoms with van der Waals surface area (Å²) in [6, 6.07) is 1.43. The van der Waals surface area contributed by atoms with Crippen molar-refractivity contribution in [2.45, 2.75) is 95.0 Å². The number of hydrogen-bond donors (Lipinski definition) is 7. The first kappa shape index (κ1) is 32.0. The third-order valence-electron chi connectivity index (χ3n) is 6.94. The Hall–Kier alpha value is -3.22. The second kappa shape index (κ2) is 16.0. The zero-order valence-electron chi connectivity index (χ0n) is 22.4. The van der Waals surface area contributed by atoms with Crippen LogP contribution in [0.3, 0.4) is 0 Å². The van der Waals surface area contributed by atoms with Gasteiger partial charge in [0.15, 0.2) is 0 Å². The summed E-state index contributed by atoms with van der Waals surface area (Å²) in [5.74, 6) is -3.50. The van der Waals surface area contributed by atoms with Crippen molar-refractivity contribution >= 4 is 23.7 Å². The summed E-state index contributed by atoms with van der Waals surface area (Å²) in [7, 11) is 0. The molecule has 2 rings (SSSR count). The number of carboxylic acid groups (broad SMARTS) is 1. The van der Waals surface area contributed by atoms with Crippen molar-refractivity contribution in [2.24, 2.45) is 5.73 Å². The van der Waals surface area contributed by atoms with Gasteiger partial charge < -0.3 is 41.7 Å². The molecule has 12 heteroatoms. The minimum absolute atomic E-state index is 0.0252. The number of nitrogens with one attached hydrogen (secondary N) is 2. The zero-order chi connectivity index (χ0) is 28.9. The Morgan fingerprint density at radius 2 is 1.72 bits per heavy atom. The lowest BCUT2D eigenvalue weighted by atomic mass is 10.0. The van der Waals surface area contributed by atoms with E-state index in [9.17, 15) is 39.6 Å². The van der Waals surface area contributed by atoms with Gasteiger partial charge in [-0.2, -0.15) is 0 Å². The van der Waals surface area contributed by atoms with Gasteiger partial charge in [-0.25, -0.2) is 4.79 Å². The van der Waals surface area contributed by atoms with E-state index in [2.05, 4.69) is 17.6 Å². The Morgan fingerprint density at radius 1 is 1.05 bits per heavy atom. The molecule has 1 aromatic carbocycles. The van der Waals surface area contributed by atoms with Crippen LogP contribution in [0.2, 0.25) is 0 Å². The van der Waals surface area contributed by atoms with Crippen molar-refractivity contribution in [3.63, 3.8) is 0 Å². The van der Waals surface area contributed by atoms with E-state index in [1.807, 2.05) is 0 Å². The van der Waals surface area contributed by atoms with Gasteiger partial charge in [-0.3, -0.25) is 14.4 Å². The number of hydrogen-bond acceptors (Lipinski definition) is 8. The lowest BCUT2D eigenvalue weighted by Gasteiger charge is -2.29. The summed E-state index contributed by atoms with van der Waals surface area (Å²) < 4.78 is 0. The van der Waals surface area contributed by atoms with Gasteiger partial charge in [-0.1, -0.05) is 51.2 Å². The van der Waals surface area contributed by atoms with E-state index in [1.54, 1.807) is 12.1 Å². The number of amides is 3. The maximum atomic E-state index is 13.2. The molecule has 39 heavy (non-hydrogen) atoms. The number of phenols is 1. The predicted octanol–water partition coefficient (Wildman–Crippen LogP) is 0.0209. The lowest BCUT2D eigenvalue weighted by molar-refractivity contribution is -0.146. The number of aliphatic carboxylic acids is 1. The maximum absolute atomic E-state index is 13.2. The van der Waals surface area contributed by atoms with Crippen LogP contribution in [0.1, 0.15) is 63.9 Å². The van der Waals surface area contributed by atoms with Crippen molar-refractivity contribution in [3.05, 3.63) is 29.8 Å². The van der Waals surface area contributed by atoms with Crippen LogP contribution >= 0.6 is 0 Å². The van der Waals surface area contributed by atoms with Gasteiger partial charge in [0.05, 0.1) is 6.61 Å². The van der Waals surface area contributed by atoms with E-state index < -0.39 is 60.6 Å². The van der Waals surface area contributed by atoms with Crippen molar-refractivity contribution in [1.82, 2.24) is 15.5 Å². The number of carbonyl (C=O) groups excluding carboxylic acids is 3. The number of aliphatic hydroxyl groups excluding tert-OH is 2. The highest BCUT2D eigenvalue weighted by atomic mass is 16.4. The number of aliphatic hydroxyl groups is 2. The molecule has 5 unspecified atom stereocenters. The number of likely N-dealkylation sites (tertiary alicyclic amines) is 1. The number of aromatic hydroxyl groups is 1. The molecule has 0 saturated carbocycles. The average molecular weight is 551 g/mol. The molecule has 8 N–H and O–H groups in total. The van der Waals surface area contributed by atoms with Crippen molar-refractivity contribution in [2.75, 3.05) is 13.2 Å². The molecule has 1 saturated heterocycles. The summed E-state index contributed by atoms with van der Waals surface area (Å²) >= 11 is 0. The van der Waals surface area contributed by atoms with Crippen LogP contribution in [-0.4, -0.2) is 92.4 Å². The molecule has 12 nitrogen and oxygen atoms in total. The highest BCUT2D eigenvalue weighted by Gasteiger charge is 2.39. The molecule has 218 valence electrons. The number of phenolic OH excluding ortho intramolecular Hbond substituents is 1. The number of rotatable bonds is 16. The van der Waals surface area contributed by atoms with Gasteiger partial charge >= 0.3 is 5.97 Å². The molecule has 3 amide bonds. The fraction of sp³-hybridized carbons (Fsp3) is 0.630. The van der Waals surface area contributed by atoms with Gasteiger partial charge in [0.2, 0.25) is 11.8 Å². The molecular formula is C27H42N4O8. The van der Waals surface area contributed by atoms with Gasteiger partial charge in [0.25, 0.3) is 5.91 Å². The average Bonchev–Trinajstić information content (AvgIpc) is 3.41. The fourth-order valence-corrected chi connectivity index (χ4v) is 4.62. The summed E-state index contributed by atoms with van der Waals surface area (Å²) in [6.45, 7) is 1.52. The number of benzene rings is 1. The molecule has 0 aromatic heterocycles. The van der Waals surface area contributed by atoms with Gasteiger partial charge in [-0.05, 0) is 37.0 Å². The van der Waals surface area contributed by atoms with E-state index in [0.29, 0.717) is 18.4 Å². The topological polar surface area (TPSA) is 203 Å². The molecular weight excluding hydrogens is 508 g/mol. The monoisotopic (exact) mass is 550 g/mol. The first-order valence-electron chi connectivity index (χ1n) is 13.5. The minimum atomic E-state index is -1.56. The SMILES string of the molecule is CCCCCCCC(N)C(O)C(=O)NC(CO)C(=O)N1CCCC1C(=O)NC(Cc1ccc(O)cc1)C(=O)O. The molecule has 0 radical (unpaired) electrons. The van der Waals surface area contributed by atoms with E-state index in [-0.39, 0.29) is 25.1 Å². The second-order valence-corrected chi connectivity index (χ2v) is 10.0. The summed E-state index contributed by atoms with van der Waals surface area (Å²) in [6.07, 6.45) is 4.50. The van der Waals surface area contributed by atoms with Crippen LogP contribution in [0.5, 0.6) is 5.75 Å². The standard InChI is InChI=1S/C27H42N4O8/c1-2-3-4-5-6-8-19(28)23(34)25(36)30-21(16-32)26(37)31-14-7-9-22(31)24(35)29-20(27(38)39)15-17-10-12-18(33)13-11-17/h10-13,19-23,32-34H,2-9,14-16,28H2,1H3,(H,29,35)(H,30,36)(H,38,39). The van der Waals surface area contributed by atoms with E-state index >= 15 is 0 Å². The molecule has 1 aromatic rings. The van der Waals surface area contributed by atoms with Crippen LogP contribution in [0.4, 0.5) is 0 Å². The van der Waals surface area contributed by atoms with E-state index in [1.165, 1.54) is 17.0 Å². The Balaban J connectivity index is 1.97. The lowest BCUT2D eigenvalue weighted by Crippen LogP contribution is -2.58. The Bertz CT molecular complexity index is 958. The van der Waals surface area contributed by atoms with Crippen LogP contribution in [-0.2, 0) is 25.6 Å². The maximum Gasteiger partial charge on any atom is 0.326 e. The molecule has 1 fully saturated rings. The van der Waals surface area contributed by atoms with E-state index in [4.69, 9.17) is 5.73 Å². The highest BCUT2D eigenvalue weighted by molar-refractivity contribution is 5.94. The fourth-order valence-electron chi connectivity index (χ4n) is 4.62. The number of nitrogens with two attached hydrogens (primary N) is 1. The Morgan fingerprint density at radius 3 is 2.33 bits per heavy atom. The molecule has 1 heterocycles. The number of carboxylic acids is 1. The predicted molar refractivity (Wildman–Crippen MR) is 142 cm³/mol. The van der Waals surface area contributed by atoms with Crippen LogP contribution in [0.15, 0.2) is 24.3 Å². The molecule has 0 bridgehead atoms. The molecule has 0 aliphatic carbocycles. The number of unbranched alkanes of at least 4 members (excludes halogenated alkanes) is 4. The number of nitrogens with zero attached hydrogens (tertiary/aromatic N) is 1. The molecule has 0 spiro atoms. The van der Waals surface area contributed by atoms with E-state index in [0.717, 1.165) is 32.1 Å². The second-order valence-electron chi connectivity index (χ2n) is 10.0. The normalized spacial score (nSPS) is 18.2. The number of carbonyl (C=O) groups is 4. The summed E-state index contributed by atoms with van der Waals surface area (Å²) in [5.41, 5.74) is 6.55. The van der Waals surface area contributed by atoms with Crippen LogP contribution < -0.4 is 16.4 Å². The molecule has 5 atom stereocenters. The van der Waals surface area contributed by atoms with Crippen LogP contribution in [0, 0.1) is 0 Å². The van der Waals surface area contributed by atoms with Crippen molar-refractivity contribution in [1.29, 1.82) is 0 Å². The molecule has 1 aliphatic heterocycles. The smallest absolute Gasteiger partial charge is 0.326 e.